The lowest BCUT2D eigenvalue weighted by atomic mass is 9.78. The molecule has 0 spiro atoms. The van der Waals surface area contributed by atoms with Gasteiger partial charge in [-0.1, -0.05) is 104 Å². The van der Waals surface area contributed by atoms with Crippen molar-refractivity contribution >= 4 is 17.9 Å². The van der Waals surface area contributed by atoms with E-state index in [0.717, 1.165) is 42.7 Å². The number of carbonyl (C=O) groups is 3. The summed E-state index contributed by atoms with van der Waals surface area (Å²) < 4.78 is 14.2. The SMILES string of the molecule is COC(=O)C1CCC(c2ccc(C)cc2)CC1.COC(=O)c1ccc(-c2ccc(C)cc2)cc1.COC(=O)c1ccc(C2CCC(C)CC2)cc1. The molecule has 2 aliphatic carbocycles. The van der Waals surface area contributed by atoms with E-state index in [2.05, 4.69) is 86.2 Å². The van der Waals surface area contributed by atoms with Gasteiger partial charge >= 0.3 is 17.9 Å². The summed E-state index contributed by atoms with van der Waals surface area (Å²) in [5.41, 5.74) is 8.77. The number of aryl methyl sites for hydroxylation is 2. The van der Waals surface area contributed by atoms with Crippen molar-refractivity contribution in [2.45, 2.75) is 84.0 Å². The maximum atomic E-state index is 11.4. The van der Waals surface area contributed by atoms with Gasteiger partial charge in [-0.3, -0.25) is 4.79 Å². The molecular weight excluding hydrogens is 636 g/mol. The van der Waals surface area contributed by atoms with Gasteiger partial charge in [0.2, 0.25) is 0 Å². The van der Waals surface area contributed by atoms with E-state index in [1.54, 1.807) is 12.1 Å². The molecule has 270 valence electrons. The first-order valence-corrected chi connectivity index (χ1v) is 18.2. The smallest absolute Gasteiger partial charge is 0.337 e. The third kappa shape index (κ3) is 11.7. The number of ether oxygens (including phenoxy) is 3. The molecule has 0 bridgehead atoms. The van der Waals surface area contributed by atoms with Crippen molar-refractivity contribution in [3.05, 3.63) is 130 Å². The van der Waals surface area contributed by atoms with Crippen LogP contribution in [0.1, 0.15) is 113 Å². The van der Waals surface area contributed by atoms with Crippen LogP contribution < -0.4 is 0 Å². The second-order valence-corrected chi connectivity index (χ2v) is 14.0. The second-order valence-electron chi connectivity index (χ2n) is 14.0. The number of rotatable bonds is 6. The van der Waals surface area contributed by atoms with Crippen molar-refractivity contribution in [3.8, 4) is 11.1 Å². The van der Waals surface area contributed by atoms with Gasteiger partial charge in [0.1, 0.15) is 0 Å². The molecule has 0 amide bonds. The molecule has 0 heterocycles. The lowest BCUT2D eigenvalue weighted by Gasteiger charge is -2.27. The summed E-state index contributed by atoms with van der Waals surface area (Å²) in [4.78, 5) is 34.0. The second kappa shape index (κ2) is 19.6. The van der Waals surface area contributed by atoms with Gasteiger partial charge in [-0.15, -0.1) is 0 Å². The van der Waals surface area contributed by atoms with Crippen LogP contribution in [-0.4, -0.2) is 39.2 Å². The molecule has 6 heteroatoms. The maximum Gasteiger partial charge on any atom is 0.337 e. The first kappa shape index (κ1) is 39.1. The summed E-state index contributed by atoms with van der Waals surface area (Å²) in [6.07, 6.45) is 9.33. The molecule has 0 N–H and O–H groups in total. The number of esters is 3. The van der Waals surface area contributed by atoms with Crippen LogP contribution in [0, 0.1) is 25.7 Å². The van der Waals surface area contributed by atoms with Crippen LogP contribution in [0.15, 0.2) is 97.1 Å². The molecule has 0 unspecified atom stereocenters. The molecular formula is C45H54O6. The van der Waals surface area contributed by atoms with Gasteiger partial charge in [-0.25, -0.2) is 9.59 Å². The standard InChI is InChI=1S/2C15H20O2.C15H14O2/c3*1-11-3-5-12(6-4-11)13-7-9-14(10-8-13)15(16)17-2/h7-12H,3-6H2,1-2H3;3-6,13-14H,7-10H2,1-2H3;3-10H,1-2H3. The quantitative estimate of drug-likeness (QED) is 0.148. The minimum Gasteiger partial charge on any atom is -0.469 e. The molecule has 2 fully saturated rings. The minimum atomic E-state index is -0.305. The van der Waals surface area contributed by atoms with E-state index >= 15 is 0 Å². The van der Waals surface area contributed by atoms with Gasteiger partial charge in [0.05, 0.1) is 38.4 Å². The highest BCUT2D eigenvalue weighted by molar-refractivity contribution is 5.90. The van der Waals surface area contributed by atoms with Crippen LogP contribution in [0.2, 0.25) is 0 Å². The van der Waals surface area contributed by atoms with E-state index in [9.17, 15) is 14.4 Å². The fourth-order valence-corrected chi connectivity index (χ4v) is 6.93. The van der Waals surface area contributed by atoms with E-state index in [-0.39, 0.29) is 23.8 Å². The largest absolute Gasteiger partial charge is 0.469 e. The van der Waals surface area contributed by atoms with E-state index < -0.39 is 0 Å². The first-order chi connectivity index (χ1) is 24.6. The Bertz CT molecular complexity index is 1660. The van der Waals surface area contributed by atoms with E-state index in [0.29, 0.717) is 23.0 Å². The Morgan fingerprint density at radius 2 is 0.824 bits per heavy atom. The van der Waals surface area contributed by atoms with Gasteiger partial charge in [-0.2, -0.15) is 0 Å². The van der Waals surface area contributed by atoms with Gasteiger partial charge in [-0.05, 0) is 117 Å². The third-order valence-corrected chi connectivity index (χ3v) is 10.3. The molecule has 0 radical (unpaired) electrons. The lowest BCUT2D eigenvalue weighted by molar-refractivity contribution is -0.146. The van der Waals surface area contributed by atoms with Crippen LogP contribution in [0.3, 0.4) is 0 Å². The summed E-state index contributed by atoms with van der Waals surface area (Å²) in [5.74, 6) is 1.71. The molecule has 6 nitrogen and oxygen atoms in total. The van der Waals surface area contributed by atoms with Crippen LogP contribution >= 0.6 is 0 Å². The topological polar surface area (TPSA) is 78.9 Å². The minimum absolute atomic E-state index is 0.0349. The normalized spacial score (nSPS) is 19.6. The van der Waals surface area contributed by atoms with Gasteiger partial charge in [0.25, 0.3) is 0 Å². The first-order valence-electron chi connectivity index (χ1n) is 18.2. The highest BCUT2D eigenvalue weighted by atomic mass is 16.5. The molecule has 51 heavy (non-hydrogen) atoms. The predicted octanol–water partition coefficient (Wildman–Crippen LogP) is 10.7. The van der Waals surface area contributed by atoms with Crippen molar-refractivity contribution in [1.29, 1.82) is 0 Å². The molecule has 2 aliphatic rings. The third-order valence-electron chi connectivity index (χ3n) is 10.3. The average Bonchev–Trinajstić information content (AvgIpc) is 3.18. The predicted molar refractivity (Wildman–Crippen MR) is 204 cm³/mol. The van der Waals surface area contributed by atoms with Crippen molar-refractivity contribution in [2.75, 3.05) is 21.3 Å². The summed E-state index contributed by atoms with van der Waals surface area (Å²) in [6, 6.07) is 32.4. The monoisotopic (exact) mass is 690 g/mol. The van der Waals surface area contributed by atoms with Crippen LogP contribution in [0.25, 0.3) is 11.1 Å². The van der Waals surface area contributed by atoms with E-state index in [1.165, 1.54) is 69.3 Å². The molecule has 0 aliphatic heterocycles. The number of methoxy groups -OCH3 is 3. The summed E-state index contributed by atoms with van der Waals surface area (Å²) >= 11 is 0. The molecule has 0 atom stereocenters. The highest BCUT2D eigenvalue weighted by Crippen LogP contribution is 2.37. The molecule has 4 aromatic carbocycles. The Morgan fingerprint density at radius 3 is 1.24 bits per heavy atom. The fraction of sp³-hybridized carbons (Fsp3) is 0.400. The van der Waals surface area contributed by atoms with Gasteiger partial charge in [0, 0.05) is 0 Å². The van der Waals surface area contributed by atoms with Crippen LogP contribution in [0.5, 0.6) is 0 Å². The number of hydrogen-bond acceptors (Lipinski definition) is 6. The number of hydrogen-bond donors (Lipinski definition) is 0. The van der Waals surface area contributed by atoms with E-state index in [4.69, 9.17) is 9.47 Å². The Kier molecular flexibility index (Phi) is 15.0. The summed E-state index contributed by atoms with van der Waals surface area (Å²) in [5, 5.41) is 0. The Hall–Kier alpha value is -4.71. The molecule has 2 saturated carbocycles. The molecule has 0 saturated heterocycles. The molecule has 4 aromatic rings. The summed E-state index contributed by atoms with van der Waals surface area (Å²) in [7, 11) is 4.28. The Morgan fingerprint density at radius 1 is 0.471 bits per heavy atom. The van der Waals surface area contributed by atoms with Gasteiger partial charge in [0.15, 0.2) is 0 Å². The Balaban J connectivity index is 0.000000172. The average molecular weight is 691 g/mol. The van der Waals surface area contributed by atoms with Crippen molar-refractivity contribution < 1.29 is 28.6 Å². The number of carbonyl (C=O) groups excluding carboxylic acids is 3. The highest BCUT2D eigenvalue weighted by Gasteiger charge is 2.27. The summed E-state index contributed by atoms with van der Waals surface area (Å²) in [6.45, 7) is 6.50. The van der Waals surface area contributed by atoms with Crippen LogP contribution in [0.4, 0.5) is 0 Å². The molecule has 0 aromatic heterocycles. The van der Waals surface area contributed by atoms with Crippen LogP contribution in [-0.2, 0) is 19.0 Å². The van der Waals surface area contributed by atoms with Crippen molar-refractivity contribution in [2.24, 2.45) is 11.8 Å². The molecule has 6 rings (SSSR count). The zero-order valence-corrected chi connectivity index (χ0v) is 31.2. The Labute approximate surface area is 304 Å². The lowest BCUT2D eigenvalue weighted by Crippen LogP contribution is -2.22. The maximum absolute atomic E-state index is 11.4. The zero-order valence-electron chi connectivity index (χ0n) is 31.2. The van der Waals surface area contributed by atoms with E-state index in [1.807, 2.05) is 24.3 Å². The van der Waals surface area contributed by atoms with Crippen molar-refractivity contribution in [3.63, 3.8) is 0 Å². The zero-order chi connectivity index (χ0) is 36.8. The number of benzene rings is 4. The van der Waals surface area contributed by atoms with Gasteiger partial charge < -0.3 is 14.2 Å². The van der Waals surface area contributed by atoms with Crippen molar-refractivity contribution in [1.82, 2.24) is 0 Å². The fourth-order valence-electron chi connectivity index (χ4n) is 6.93.